The third-order valence-electron chi connectivity index (χ3n) is 6.36. The predicted octanol–water partition coefficient (Wildman–Crippen LogP) is 2.77. The van der Waals surface area contributed by atoms with E-state index in [1.807, 2.05) is 17.9 Å². The van der Waals surface area contributed by atoms with Gasteiger partial charge in [0.1, 0.15) is 0 Å². The number of fused-ring (bicyclic) bond motifs is 2. The zero-order chi connectivity index (χ0) is 13.7. The average Bonchev–Trinajstić information content (AvgIpc) is 2.90. The van der Waals surface area contributed by atoms with Crippen molar-refractivity contribution in [2.45, 2.75) is 52.5 Å². The van der Waals surface area contributed by atoms with Crippen molar-refractivity contribution in [1.82, 2.24) is 15.1 Å². The number of aromatic nitrogens is 2. The third-order valence-corrected chi connectivity index (χ3v) is 6.36. The fourth-order valence-electron chi connectivity index (χ4n) is 4.50. The molecular weight excluding hydrogens is 234 g/mol. The van der Waals surface area contributed by atoms with Crippen LogP contribution >= 0.6 is 0 Å². The van der Waals surface area contributed by atoms with Gasteiger partial charge < -0.3 is 5.32 Å². The summed E-state index contributed by atoms with van der Waals surface area (Å²) in [6.07, 6.45) is 9.39. The molecule has 0 amide bonds. The second-order valence-corrected chi connectivity index (χ2v) is 7.39. The molecule has 1 aromatic rings. The Balaban J connectivity index is 1.57. The second kappa shape index (κ2) is 4.34. The fourth-order valence-corrected chi connectivity index (χ4v) is 4.50. The van der Waals surface area contributed by atoms with Gasteiger partial charge in [0.15, 0.2) is 0 Å². The van der Waals surface area contributed by atoms with Crippen LogP contribution in [0.4, 0.5) is 0 Å². The zero-order valence-corrected chi connectivity index (χ0v) is 12.7. The lowest BCUT2D eigenvalue weighted by molar-refractivity contribution is 0.121. The minimum atomic E-state index is 0.493. The maximum atomic E-state index is 4.23. The Labute approximate surface area is 116 Å². The molecule has 2 aliphatic carbocycles. The van der Waals surface area contributed by atoms with Gasteiger partial charge >= 0.3 is 0 Å². The van der Waals surface area contributed by atoms with Gasteiger partial charge in [0, 0.05) is 19.3 Å². The van der Waals surface area contributed by atoms with Crippen molar-refractivity contribution in [1.29, 1.82) is 0 Å². The molecule has 2 bridgehead atoms. The van der Waals surface area contributed by atoms with Crippen molar-refractivity contribution in [3.05, 3.63) is 18.0 Å². The van der Waals surface area contributed by atoms with Crippen LogP contribution in [0.2, 0.25) is 0 Å². The molecule has 3 nitrogen and oxygen atoms in total. The monoisotopic (exact) mass is 261 g/mol. The van der Waals surface area contributed by atoms with Gasteiger partial charge in [0.05, 0.1) is 6.20 Å². The van der Waals surface area contributed by atoms with Crippen LogP contribution in [0.3, 0.4) is 0 Å². The van der Waals surface area contributed by atoms with E-state index in [1.165, 1.54) is 24.8 Å². The van der Waals surface area contributed by atoms with E-state index in [0.29, 0.717) is 16.9 Å². The number of hydrogen-bond acceptors (Lipinski definition) is 2. The van der Waals surface area contributed by atoms with Gasteiger partial charge in [0.25, 0.3) is 0 Å². The minimum Gasteiger partial charge on any atom is -0.313 e. The van der Waals surface area contributed by atoms with Gasteiger partial charge in [-0.1, -0.05) is 20.8 Å². The Bertz CT molecular complexity index is 462. The minimum absolute atomic E-state index is 0.493. The zero-order valence-electron chi connectivity index (χ0n) is 12.7. The van der Waals surface area contributed by atoms with Crippen LogP contribution in [0, 0.1) is 16.7 Å². The van der Waals surface area contributed by atoms with E-state index >= 15 is 0 Å². The van der Waals surface area contributed by atoms with Gasteiger partial charge in [-0.05, 0) is 54.5 Å². The van der Waals surface area contributed by atoms with Gasteiger partial charge in [-0.2, -0.15) is 5.10 Å². The molecule has 1 heterocycles. The first kappa shape index (κ1) is 13.2. The van der Waals surface area contributed by atoms with E-state index in [-0.39, 0.29) is 0 Å². The van der Waals surface area contributed by atoms with E-state index in [2.05, 4.69) is 37.4 Å². The lowest BCUT2D eigenvalue weighted by atomic mass is 9.69. The van der Waals surface area contributed by atoms with E-state index < -0.39 is 0 Å². The summed E-state index contributed by atoms with van der Waals surface area (Å²) in [4.78, 5) is 0. The summed E-state index contributed by atoms with van der Waals surface area (Å²) >= 11 is 0. The summed E-state index contributed by atoms with van der Waals surface area (Å²) in [7, 11) is 1.98. The summed E-state index contributed by atoms with van der Waals surface area (Å²) in [5.41, 5.74) is 2.34. The van der Waals surface area contributed by atoms with E-state index in [9.17, 15) is 0 Å². The smallest absolute Gasteiger partial charge is 0.0522 e. The molecule has 0 saturated heterocycles. The number of rotatable bonds is 4. The van der Waals surface area contributed by atoms with Crippen LogP contribution in [-0.4, -0.2) is 22.4 Å². The highest BCUT2D eigenvalue weighted by Crippen LogP contribution is 2.65. The Kier molecular flexibility index (Phi) is 3.01. The quantitative estimate of drug-likeness (QED) is 0.903. The van der Waals surface area contributed by atoms with Crippen LogP contribution in [0.5, 0.6) is 0 Å². The lowest BCUT2D eigenvalue weighted by Gasteiger charge is -2.39. The number of hydrogen-bond donors (Lipinski definition) is 1. The van der Waals surface area contributed by atoms with Gasteiger partial charge in [-0.3, -0.25) is 4.68 Å². The van der Waals surface area contributed by atoms with Crippen LogP contribution in [0.15, 0.2) is 12.4 Å². The molecule has 1 N–H and O–H groups in total. The first-order valence-electron chi connectivity index (χ1n) is 7.64. The molecule has 1 aromatic heterocycles. The second-order valence-electron chi connectivity index (χ2n) is 7.39. The summed E-state index contributed by atoms with van der Waals surface area (Å²) in [5, 5.41) is 8.06. The Morgan fingerprint density at radius 1 is 1.42 bits per heavy atom. The molecule has 0 aromatic carbocycles. The van der Waals surface area contributed by atoms with Crippen molar-refractivity contribution < 1.29 is 0 Å². The molecule has 2 aliphatic rings. The van der Waals surface area contributed by atoms with Crippen molar-refractivity contribution >= 4 is 0 Å². The molecule has 2 saturated carbocycles. The molecule has 19 heavy (non-hydrogen) atoms. The number of aryl methyl sites for hydroxylation is 1. The van der Waals surface area contributed by atoms with Crippen molar-refractivity contribution in [3.8, 4) is 0 Å². The predicted molar refractivity (Wildman–Crippen MR) is 77.9 cm³/mol. The number of nitrogens with one attached hydrogen (secondary N) is 1. The van der Waals surface area contributed by atoms with Crippen molar-refractivity contribution in [2.24, 2.45) is 23.8 Å². The Morgan fingerprint density at radius 2 is 2.21 bits per heavy atom. The summed E-state index contributed by atoms with van der Waals surface area (Å²) in [6.45, 7) is 8.54. The third kappa shape index (κ3) is 1.94. The van der Waals surface area contributed by atoms with E-state index in [4.69, 9.17) is 0 Å². The first-order chi connectivity index (χ1) is 8.93. The standard InChI is InChI=1S/C16H27N3/c1-15(2)13-5-7-16(15,3)14(9-13)17-8-6-12-10-18-19(4)11-12/h10-11,13-14,17H,5-9H2,1-4H3. The molecule has 3 heteroatoms. The molecule has 3 unspecified atom stereocenters. The van der Waals surface area contributed by atoms with Crippen LogP contribution < -0.4 is 5.32 Å². The van der Waals surface area contributed by atoms with Crippen molar-refractivity contribution in [3.63, 3.8) is 0 Å². The van der Waals surface area contributed by atoms with E-state index in [1.54, 1.807) is 0 Å². The normalized spacial score (nSPS) is 36.0. The Hall–Kier alpha value is -0.830. The lowest BCUT2D eigenvalue weighted by Crippen LogP contribution is -2.45. The SMILES string of the molecule is Cn1cc(CCNC2CC3CCC2(C)C3(C)C)cn1. The molecule has 2 fully saturated rings. The highest BCUT2D eigenvalue weighted by Gasteiger charge is 2.60. The molecule has 3 atom stereocenters. The number of nitrogens with zero attached hydrogens (tertiary/aromatic N) is 2. The van der Waals surface area contributed by atoms with Gasteiger partial charge in [-0.15, -0.1) is 0 Å². The van der Waals surface area contributed by atoms with Crippen LogP contribution in [0.1, 0.15) is 45.6 Å². The van der Waals surface area contributed by atoms with Gasteiger partial charge in [-0.25, -0.2) is 0 Å². The molecule has 0 aliphatic heterocycles. The molecular formula is C16H27N3. The summed E-state index contributed by atoms with van der Waals surface area (Å²) < 4.78 is 1.89. The van der Waals surface area contributed by atoms with Gasteiger partial charge in [0.2, 0.25) is 0 Å². The average molecular weight is 261 g/mol. The topological polar surface area (TPSA) is 29.9 Å². The summed E-state index contributed by atoms with van der Waals surface area (Å²) in [5.74, 6) is 0.924. The van der Waals surface area contributed by atoms with E-state index in [0.717, 1.165) is 18.9 Å². The summed E-state index contributed by atoms with van der Waals surface area (Å²) in [6, 6.07) is 0.706. The highest BCUT2D eigenvalue weighted by molar-refractivity contribution is 5.13. The van der Waals surface area contributed by atoms with Crippen molar-refractivity contribution in [2.75, 3.05) is 6.54 Å². The largest absolute Gasteiger partial charge is 0.313 e. The molecule has 106 valence electrons. The van der Waals surface area contributed by atoms with Crippen LogP contribution in [-0.2, 0) is 13.5 Å². The first-order valence-corrected chi connectivity index (χ1v) is 7.64. The molecule has 3 rings (SSSR count). The Morgan fingerprint density at radius 3 is 2.74 bits per heavy atom. The highest BCUT2D eigenvalue weighted by atomic mass is 15.2. The molecule has 0 spiro atoms. The fraction of sp³-hybridized carbons (Fsp3) is 0.812. The maximum absolute atomic E-state index is 4.23. The molecule has 0 radical (unpaired) electrons. The van der Waals surface area contributed by atoms with Crippen LogP contribution in [0.25, 0.3) is 0 Å². The maximum Gasteiger partial charge on any atom is 0.0522 e.